The van der Waals surface area contributed by atoms with Crippen LogP contribution >= 0.6 is 0 Å². The average Bonchev–Trinajstić information content (AvgIpc) is 2.23. The second-order valence-corrected chi connectivity index (χ2v) is 4.98. The summed E-state index contributed by atoms with van der Waals surface area (Å²) >= 11 is 0. The van der Waals surface area contributed by atoms with Crippen LogP contribution in [0.25, 0.3) is 0 Å². The molecule has 0 radical (unpaired) electrons. The standard InChI is InChI=1S/C12H24N2O3/c1-8(2)4-10(6-13)5-11(15)14-7-9(3)12(16)17/h8-10H,4-7,13H2,1-3H3,(H,14,15)(H,16,17)/t9?,10-/m0/s1. The fraction of sp³-hybridized carbons (Fsp3) is 0.833. The molecule has 100 valence electrons. The van der Waals surface area contributed by atoms with E-state index in [0.29, 0.717) is 18.9 Å². The summed E-state index contributed by atoms with van der Waals surface area (Å²) in [5.41, 5.74) is 5.60. The van der Waals surface area contributed by atoms with Gasteiger partial charge in [0.15, 0.2) is 0 Å². The van der Waals surface area contributed by atoms with Gasteiger partial charge in [0.2, 0.25) is 5.91 Å². The van der Waals surface area contributed by atoms with Crippen LogP contribution in [0, 0.1) is 17.8 Å². The minimum atomic E-state index is -0.900. The molecule has 0 aromatic heterocycles. The van der Waals surface area contributed by atoms with Crippen molar-refractivity contribution >= 4 is 11.9 Å². The molecule has 0 fully saturated rings. The number of carboxylic acids is 1. The van der Waals surface area contributed by atoms with Gasteiger partial charge in [-0.1, -0.05) is 20.8 Å². The number of hydrogen-bond acceptors (Lipinski definition) is 3. The Labute approximate surface area is 103 Å². The van der Waals surface area contributed by atoms with Crippen LogP contribution in [0.4, 0.5) is 0 Å². The molecule has 0 saturated carbocycles. The van der Waals surface area contributed by atoms with Gasteiger partial charge in [-0.05, 0) is 24.8 Å². The van der Waals surface area contributed by atoms with E-state index in [4.69, 9.17) is 10.8 Å². The van der Waals surface area contributed by atoms with Crippen molar-refractivity contribution in [1.82, 2.24) is 5.32 Å². The SMILES string of the molecule is CC(C)C[C@H](CN)CC(=O)NCC(C)C(=O)O. The normalized spacial score (nSPS) is 14.4. The Morgan fingerprint density at radius 1 is 1.29 bits per heavy atom. The smallest absolute Gasteiger partial charge is 0.308 e. The fourth-order valence-corrected chi connectivity index (χ4v) is 1.62. The van der Waals surface area contributed by atoms with Crippen LogP contribution in [0.3, 0.4) is 0 Å². The van der Waals surface area contributed by atoms with Gasteiger partial charge in [-0.2, -0.15) is 0 Å². The van der Waals surface area contributed by atoms with Crippen LogP contribution in [0.5, 0.6) is 0 Å². The summed E-state index contributed by atoms with van der Waals surface area (Å²) in [7, 11) is 0. The number of rotatable bonds is 8. The quantitative estimate of drug-likeness (QED) is 0.589. The fourth-order valence-electron chi connectivity index (χ4n) is 1.62. The minimum Gasteiger partial charge on any atom is -0.481 e. The van der Waals surface area contributed by atoms with E-state index in [2.05, 4.69) is 19.2 Å². The zero-order valence-corrected chi connectivity index (χ0v) is 10.9. The van der Waals surface area contributed by atoms with Gasteiger partial charge in [0.05, 0.1) is 5.92 Å². The molecular weight excluding hydrogens is 220 g/mol. The van der Waals surface area contributed by atoms with Gasteiger partial charge >= 0.3 is 5.97 Å². The molecule has 0 aliphatic heterocycles. The maximum atomic E-state index is 11.6. The molecule has 0 spiro atoms. The van der Waals surface area contributed by atoms with Gasteiger partial charge in [-0.25, -0.2) is 0 Å². The maximum Gasteiger partial charge on any atom is 0.308 e. The Morgan fingerprint density at radius 2 is 1.88 bits per heavy atom. The number of carbonyl (C=O) groups is 2. The van der Waals surface area contributed by atoms with Gasteiger partial charge < -0.3 is 16.2 Å². The highest BCUT2D eigenvalue weighted by atomic mass is 16.4. The molecule has 2 atom stereocenters. The van der Waals surface area contributed by atoms with Crippen molar-refractivity contribution in [3.63, 3.8) is 0 Å². The molecule has 0 aliphatic carbocycles. The van der Waals surface area contributed by atoms with Crippen LogP contribution in [0.2, 0.25) is 0 Å². The summed E-state index contributed by atoms with van der Waals surface area (Å²) in [4.78, 5) is 22.1. The molecule has 0 saturated heterocycles. The lowest BCUT2D eigenvalue weighted by Crippen LogP contribution is -2.33. The monoisotopic (exact) mass is 244 g/mol. The first-order chi connectivity index (χ1) is 7.86. The van der Waals surface area contributed by atoms with Gasteiger partial charge in [-0.15, -0.1) is 0 Å². The lowest BCUT2D eigenvalue weighted by Gasteiger charge is -2.17. The topological polar surface area (TPSA) is 92.4 Å². The molecular formula is C12H24N2O3. The van der Waals surface area contributed by atoms with Gasteiger partial charge in [0.25, 0.3) is 0 Å². The predicted molar refractivity (Wildman–Crippen MR) is 66.4 cm³/mol. The summed E-state index contributed by atoms with van der Waals surface area (Å²) in [6.45, 7) is 6.41. The molecule has 0 rings (SSSR count). The zero-order chi connectivity index (χ0) is 13.4. The Kier molecular flexibility index (Phi) is 7.54. The predicted octanol–water partition coefficient (Wildman–Crippen LogP) is 0.834. The van der Waals surface area contributed by atoms with E-state index < -0.39 is 11.9 Å². The van der Waals surface area contributed by atoms with E-state index >= 15 is 0 Å². The van der Waals surface area contributed by atoms with Crippen LogP contribution in [-0.2, 0) is 9.59 Å². The highest BCUT2D eigenvalue weighted by Gasteiger charge is 2.16. The molecule has 0 heterocycles. The van der Waals surface area contributed by atoms with E-state index in [1.807, 2.05) is 0 Å². The number of hydrogen-bond donors (Lipinski definition) is 3. The van der Waals surface area contributed by atoms with E-state index in [1.165, 1.54) is 0 Å². The maximum absolute atomic E-state index is 11.6. The molecule has 17 heavy (non-hydrogen) atoms. The van der Waals surface area contributed by atoms with Crippen LogP contribution < -0.4 is 11.1 Å². The summed E-state index contributed by atoms with van der Waals surface area (Å²) in [6.07, 6.45) is 1.29. The molecule has 5 nitrogen and oxygen atoms in total. The molecule has 0 aromatic rings. The number of nitrogens with two attached hydrogens (primary N) is 1. The molecule has 5 heteroatoms. The number of carboxylic acid groups (broad SMARTS) is 1. The molecule has 0 aliphatic rings. The second-order valence-electron chi connectivity index (χ2n) is 4.98. The van der Waals surface area contributed by atoms with Crippen molar-refractivity contribution in [1.29, 1.82) is 0 Å². The van der Waals surface area contributed by atoms with Crippen molar-refractivity contribution in [3.05, 3.63) is 0 Å². The van der Waals surface area contributed by atoms with E-state index in [0.717, 1.165) is 6.42 Å². The van der Waals surface area contributed by atoms with Crippen molar-refractivity contribution in [2.45, 2.75) is 33.6 Å². The first kappa shape index (κ1) is 15.9. The van der Waals surface area contributed by atoms with Gasteiger partial charge in [-0.3, -0.25) is 9.59 Å². The number of aliphatic carboxylic acids is 1. The third-order valence-electron chi connectivity index (χ3n) is 2.64. The van der Waals surface area contributed by atoms with Crippen LogP contribution in [0.15, 0.2) is 0 Å². The van der Waals surface area contributed by atoms with Crippen molar-refractivity contribution in [2.75, 3.05) is 13.1 Å². The van der Waals surface area contributed by atoms with E-state index in [-0.39, 0.29) is 18.4 Å². The third kappa shape index (κ3) is 7.74. The Hall–Kier alpha value is -1.10. The van der Waals surface area contributed by atoms with Crippen LogP contribution in [0.1, 0.15) is 33.6 Å². The summed E-state index contributed by atoms with van der Waals surface area (Å²) in [5, 5.41) is 11.3. The lowest BCUT2D eigenvalue weighted by atomic mass is 9.94. The number of carbonyl (C=O) groups excluding carboxylic acids is 1. The third-order valence-corrected chi connectivity index (χ3v) is 2.64. The molecule has 1 unspecified atom stereocenters. The summed E-state index contributed by atoms with van der Waals surface area (Å²) in [5.74, 6) is -0.887. The van der Waals surface area contributed by atoms with Crippen molar-refractivity contribution in [2.24, 2.45) is 23.5 Å². The van der Waals surface area contributed by atoms with E-state index in [1.54, 1.807) is 6.92 Å². The van der Waals surface area contributed by atoms with Gasteiger partial charge in [0, 0.05) is 13.0 Å². The summed E-state index contributed by atoms with van der Waals surface area (Å²) in [6, 6.07) is 0. The van der Waals surface area contributed by atoms with Crippen LogP contribution in [-0.4, -0.2) is 30.1 Å². The molecule has 1 amide bonds. The number of nitrogens with one attached hydrogen (secondary N) is 1. The lowest BCUT2D eigenvalue weighted by molar-refractivity contribution is -0.141. The molecule has 0 aromatic carbocycles. The average molecular weight is 244 g/mol. The Balaban J connectivity index is 3.94. The van der Waals surface area contributed by atoms with Gasteiger partial charge in [0.1, 0.15) is 0 Å². The Bertz CT molecular complexity index is 254. The first-order valence-electron chi connectivity index (χ1n) is 6.06. The minimum absolute atomic E-state index is 0.116. The highest BCUT2D eigenvalue weighted by molar-refractivity contribution is 5.77. The largest absolute Gasteiger partial charge is 0.481 e. The zero-order valence-electron chi connectivity index (χ0n) is 10.9. The van der Waals surface area contributed by atoms with Crippen molar-refractivity contribution in [3.8, 4) is 0 Å². The van der Waals surface area contributed by atoms with E-state index in [9.17, 15) is 9.59 Å². The molecule has 4 N–H and O–H groups in total. The van der Waals surface area contributed by atoms with Crippen molar-refractivity contribution < 1.29 is 14.7 Å². The number of amides is 1. The summed E-state index contributed by atoms with van der Waals surface area (Å²) < 4.78 is 0. The Morgan fingerprint density at radius 3 is 2.29 bits per heavy atom. The highest BCUT2D eigenvalue weighted by Crippen LogP contribution is 2.13. The second kappa shape index (κ2) is 8.06. The molecule has 0 bridgehead atoms. The first-order valence-corrected chi connectivity index (χ1v) is 6.06.